The maximum Gasteiger partial charge on any atom is 0.160 e. The van der Waals surface area contributed by atoms with Gasteiger partial charge >= 0.3 is 0 Å². The normalized spacial score (nSPS) is 22.2. The van der Waals surface area contributed by atoms with E-state index >= 15 is 0 Å². The molecular weight excluding hydrogens is 508 g/mol. The average Bonchev–Trinajstić information content (AvgIpc) is 3.47. The summed E-state index contributed by atoms with van der Waals surface area (Å²) in [7, 11) is 5.04. The van der Waals surface area contributed by atoms with Crippen LogP contribution < -0.4 is 19.5 Å². The molecule has 1 aliphatic carbocycles. The molecular formula is C32H48N2O6. The van der Waals surface area contributed by atoms with Crippen LogP contribution in [0.25, 0.3) is 0 Å². The number of aliphatic hydroxyl groups is 1. The number of methoxy groups -OCH3 is 3. The van der Waals surface area contributed by atoms with Crippen molar-refractivity contribution in [2.75, 3.05) is 60.8 Å². The van der Waals surface area contributed by atoms with E-state index in [1.807, 2.05) is 36.4 Å². The Balaban J connectivity index is 1.16. The quantitative estimate of drug-likeness (QED) is 0.323. The summed E-state index contributed by atoms with van der Waals surface area (Å²) in [4.78, 5) is 2.60. The van der Waals surface area contributed by atoms with Crippen LogP contribution in [0.15, 0.2) is 42.5 Å². The molecule has 4 rings (SSSR count). The Kier molecular flexibility index (Phi) is 12.4. The molecule has 2 unspecified atom stereocenters. The second kappa shape index (κ2) is 16.2. The first-order valence-corrected chi connectivity index (χ1v) is 14.8. The van der Waals surface area contributed by atoms with E-state index in [0.717, 1.165) is 56.0 Å². The van der Waals surface area contributed by atoms with Crippen LogP contribution in [0, 0.1) is 0 Å². The summed E-state index contributed by atoms with van der Waals surface area (Å²) in [6.45, 7) is 4.28. The number of hydrogen-bond donors (Lipinski definition) is 2. The molecule has 1 saturated heterocycles. The van der Waals surface area contributed by atoms with Crippen LogP contribution in [-0.2, 0) is 22.3 Å². The van der Waals surface area contributed by atoms with Crippen molar-refractivity contribution in [2.45, 2.75) is 69.2 Å². The van der Waals surface area contributed by atoms with Crippen molar-refractivity contribution in [3.05, 3.63) is 53.6 Å². The fourth-order valence-corrected chi connectivity index (χ4v) is 5.84. The van der Waals surface area contributed by atoms with Crippen molar-refractivity contribution in [3.8, 4) is 17.2 Å². The van der Waals surface area contributed by atoms with Gasteiger partial charge in [0.15, 0.2) is 11.5 Å². The monoisotopic (exact) mass is 556 g/mol. The number of aliphatic hydroxyl groups excluding tert-OH is 1. The van der Waals surface area contributed by atoms with E-state index in [4.69, 9.17) is 23.7 Å². The molecule has 2 aromatic rings. The Morgan fingerprint density at radius 2 is 1.65 bits per heavy atom. The molecule has 2 N–H and O–H groups in total. The van der Waals surface area contributed by atoms with Gasteiger partial charge in [-0.05, 0) is 67.5 Å². The predicted octanol–water partition coefficient (Wildman–Crippen LogP) is 3.87. The third-order valence-corrected chi connectivity index (χ3v) is 8.13. The Morgan fingerprint density at radius 3 is 2.42 bits per heavy atom. The highest BCUT2D eigenvalue weighted by Crippen LogP contribution is 2.30. The Labute approximate surface area is 239 Å². The Bertz CT molecular complexity index is 1000. The summed E-state index contributed by atoms with van der Waals surface area (Å²) in [6, 6.07) is 14.9. The van der Waals surface area contributed by atoms with Gasteiger partial charge in [0.2, 0.25) is 0 Å². The molecule has 2 aromatic carbocycles. The van der Waals surface area contributed by atoms with Gasteiger partial charge in [-0.1, -0.05) is 31.0 Å². The van der Waals surface area contributed by atoms with Gasteiger partial charge in [0, 0.05) is 38.8 Å². The van der Waals surface area contributed by atoms with Gasteiger partial charge in [-0.15, -0.1) is 0 Å². The number of ether oxygens (including phenoxy) is 5. The highest BCUT2D eigenvalue weighted by atomic mass is 16.5. The lowest BCUT2D eigenvalue weighted by molar-refractivity contribution is -0.0296. The summed E-state index contributed by atoms with van der Waals surface area (Å²) in [5, 5.41) is 14.1. The van der Waals surface area contributed by atoms with Crippen LogP contribution in [0.2, 0.25) is 0 Å². The third kappa shape index (κ3) is 9.08. The van der Waals surface area contributed by atoms with Gasteiger partial charge in [-0.2, -0.15) is 0 Å². The second-order valence-corrected chi connectivity index (χ2v) is 10.9. The molecule has 1 saturated carbocycles. The number of rotatable bonds is 16. The summed E-state index contributed by atoms with van der Waals surface area (Å²) in [5.74, 6) is 2.29. The van der Waals surface area contributed by atoms with Crippen LogP contribution >= 0.6 is 0 Å². The van der Waals surface area contributed by atoms with Gasteiger partial charge in [0.25, 0.3) is 0 Å². The Morgan fingerprint density at radius 1 is 0.900 bits per heavy atom. The van der Waals surface area contributed by atoms with E-state index in [1.54, 1.807) is 21.3 Å². The standard InChI is InChI=1S/C32H48N2O6/c1-36-18-15-24-8-11-28(12-9-24)40-23-27(35)21-33-26-14-17-34(22-26)29-6-4-5-7-30(29)39-19-16-25-10-13-31(37-2)32(20-25)38-3/h8-13,20,26-27,29-30,33,35H,4-7,14-19,21-23H2,1-3H3/t26?,27?,29-,30+/m1/s1. The van der Waals surface area contributed by atoms with Gasteiger partial charge in [-0.3, -0.25) is 4.90 Å². The largest absolute Gasteiger partial charge is 0.493 e. The first kappa shape index (κ1) is 30.6. The lowest BCUT2D eigenvalue weighted by atomic mass is 9.91. The van der Waals surface area contributed by atoms with E-state index in [1.165, 1.54) is 30.4 Å². The van der Waals surface area contributed by atoms with Crippen LogP contribution in [0.5, 0.6) is 17.2 Å². The summed E-state index contributed by atoms with van der Waals surface area (Å²) >= 11 is 0. The van der Waals surface area contributed by atoms with Crippen molar-refractivity contribution < 1.29 is 28.8 Å². The minimum absolute atomic E-state index is 0.271. The van der Waals surface area contributed by atoms with E-state index < -0.39 is 6.10 Å². The van der Waals surface area contributed by atoms with E-state index in [2.05, 4.69) is 16.3 Å². The van der Waals surface area contributed by atoms with Gasteiger partial charge in [0.1, 0.15) is 18.5 Å². The zero-order valence-electron chi connectivity index (χ0n) is 24.5. The topological polar surface area (TPSA) is 81.7 Å². The lowest BCUT2D eigenvalue weighted by Crippen LogP contribution is -2.47. The zero-order valence-corrected chi connectivity index (χ0v) is 24.5. The maximum absolute atomic E-state index is 10.5. The first-order chi connectivity index (χ1) is 19.6. The average molecular weight is 557 g/mol. The molecule has 8 nitrogen and oxygen atoms in total. The number of nitrogens with zero attached hydrogens (tertiary/aromatic N) is 1. The van der Waals surface area contributed by atoms with Gasteiger partial charge in [0.05, 0.1) is 33.5 Å². The minimum atomic E-state index is -0.551. The molecule has 1 aliphatic heterocycles. The fraction of sp³-hybridized carbons (Fsp3) is 0.625. The van der Waals surface area contributed by atoms with Crippen molar-refractivity contribution in [3.63, 3.8) is 0 Å². The first-order valence-electron chi connectivity index (χ1n) is 14.8. The molecule has 2 aliphatic rings. The molecule has 40 heavy (non-hydrogen) atoms. The number of likely N-dealkylation sites (tertiary alicyclic amines) is 1. The summed E-state index contributed by atoms with van der Waals surface area (Å²) in [6.07, 6.45) is 7.35. The molecule has 0 radical (unpaired) electrons. The third-order valence-electron chi connectivity index (χ3n) is 8.13. The number of benzene rings is 2. The van der Waals surface area contributed by atoms with Crippen molar-refractivity contribution in [1.82, 2.24) is 10.2 Å². The van der Waals surface area contributed by atoms with Crippen LogP contribution in [0.1, 0.15) is 43.2 Å². The van der Waals surface area contributed by atoms with Crippen molar-refractivity contribution in [1.29, 1.82) is 0 Å². The molecule has 0 amide bonds. The maximum atomic E-state index is 10.5. The van der Waals surface area contributed by atoms with Crippen LogP contribution in [0.4, 0.5) is 0 Å². The van der Waals surface area contributed by atoms with E-state index in [-0.39, 0.29) is 12.7 Å². The molecule has 0 bridgehead atoms. The Hall–Kier alpha value is -2.36. The molecule has 8 heteroatoms. The minimum Gasteiger partial charge on any atom is -0.493 e. The summed E-state index contributed by atoms with van der Waals surface area (Å²) < 4.78 is 28.2. The molecule has 1 heterocycles. The van der Waals surface area contributed by atoms with Gasteiger partial charge < -0.3 is 34.1 Å². The summed E-state index contributed by atoms with van der Waals surface area (Å²) in [5.41, 5.74) is 2.41. The smallest absolute Gasteiger partial charge is 0.160 e. The predicted molar refractivity (Wildman–Crippen MR) is 157 cm³/mol. The molecule has 222 valence electrons. The molecule has 0 aromatic heterocycles. The van der Waals surface area contributed by atoms with E-state index in [9.17, 15) is 5.11 Å². The van der Waals surface area contributed by atoms with E-state index in [0.29, 0.717) is 31.8 Å². The number of nitrogens with one attached hydrogen (secondary N) is 1. The fourth-order valence-electron chi connectivity index (χ4n) is 5.84. The van der Waals surface area contributed by atoms with Crippen molar-refractivity contribution in [2.24, 2.45) is 0 Å². The molecule has 4 atom stereocenters. The molecule has 2 fully saturated rings. The highest BCUT2D eigenvalue weighted by Gasteiger charge is 2.35. The zero-order chi connectivity index (χ0) is 28.2. The number of hydrogen-bond acceptors (Lipinski definition) is 8. The molecule has 0 spiro atoms. The SMILES string of the molecule is COCCc1ccc(OCC(O)CNC2CCN([C@@H]3CCCC[C@@H]3OCCc3ccc(OC)c(OC)c3)C2)cc1. The van der Waals surface area contributed by atoms with Crippen LogP contribution in [-0.4, -0.2) is 95.1 Å². The van der Waals surface area contributed by atoms with Gasteiger partial charge in [-0.25, -0.2) is 0 Å². The highest BCUT2D eigenvalue weighted by molar-refractivity contribution is 5.42. The van der Waals surface area contributed by atoms with Crippen molar-refractivity contribution >= 4 is 0 Å². The lowest BCUT2D eigenvalue weighted by Gasteiger charge is -2.38. The second-order valence-electron chi connectivity index (χ2n) is 10.9. The van der Waals surface area contributed by atoms with Crippen LogP contribution in [0.3, 0.4) is 0 Å².